The molecule has 1 unspecified atom stereocenters. The van der Waals surface area contributed by atoms with E-state index in [0.29, 0.717) is 5.82 Å². The van der Waals surface area contributed by atoms with Gasteiger partial charge in [0.1, 0.15) is 5.82 Å². The molecule has 1 aliphatic rings. The number of hydrogen-bond donors (Lipinski definition) is 1. The van der Waals surface area contributed by atoms with Crippen molar-refractivity contribution in [2.24, 2.45) is 5.92 Å². The summed E-state index contributed by atoms with van der Waals surface area (Å²) in [5.41, 5.74) is 1.07. The minimum Gasteiger partial charge on any atom is -0.310 e. The number of aromatic nitrogens is 1. The van der Waals surface area contributed by atoms with Crippen molar-refractivity contribution in [2.45, 2.75) is 24.6 Å². The number of anilines is 1. The molecule has 17 heavy (non-hydrogen) atoms. The molecule has 0 spiro atoms. The number of allylic oxidation sites excluding steroid dienone is 1. The van der Waals surface area contributed by atoms with E-state index in [1.807, 2.05) is 12.1 Å². The highest BCUT2D eigenvalue weighted by atomic mass is 79.9. The van der Waals surface area contributed by atoms with E-state index in [4.69, 9.17) is 0 Å². The third kappa shape index (κ3) is 3.97. The standard InChI is InChI=1S/C13H15BrN2O/c1-9(14)13(17)16-12-7-6-11(8-15-12)5-4-10-2-3-10/h4-10H,2-3H2,1H3,(H,15,16,17)/b5-4-. The minimum atomic E-state index is -0.210. The summed E-state index contributed by atoms with van der Waals surface area (Å²) in [6, 6.07) is 3.78. The van der Waals surface area contributed by atoms with Crippen molar-refractivity contribution in [1.29, 1.82) is 0 Å². The molecule has 0 aliphatic heterocycles. The highest BCUT2D eigenvalue weighted by Crippen LogP contribution is 2.30. The monoisotopic (exact) mass is 294 g/mol. The summed E-state index contributed by atoms with van der Waals surface area (Å²) in [7, 11) is 0. The van der Waals surface area contributed by atoms with Gasteiger partial charge in [0.15, 0.2) is 0 Å². The first-order valence-corrected chi connectivity index (χ1v) is 6.66. The number of rotatable bonds is 4. The molecular formula is C13H15BrN2O. The van der Waals surface area contributed by atoms with Gasteiger partial charge in [-0.15, -0.1) is 0 Å². The second-order valence-corrected chi connectivity index (χ2v) is 5.65. The lowest BCUT2D eigenvalue weighted by molar-refractivity contribution is -0.115. The summed E-state index contributed by atoms with van der Waals surface area (Å²) in [4.78, 5) is 15.4. The number of amides is 1. The molecule has 1 heterocycles. The van der Waals surface area contributed by atoms with Crippen LogP contribution in [0.1, 0.15) is 25.3 Å². The summed E-state index contributed by atoms with van der Waals surface area (Å²) < 4.78 is 0. The van der Waals surface area contributed by atoms with Gasteiger partial charge in [-0.2, -0.15) is 0 Å². The second kappa shape index (κ2) is 5.45. The maximum atomic E-state index is 11.4. The smallest absolute Gasteiger partial charge is 0.239 e. The van der Waals surface area contributed by atoms with Gasteiger partial charge < -0.3 is 5.32 Å². The van der Waals surface area contributed by atoms with Gasteiger partial charge in [0.2, 0.25) is 5.91 Å². The Morgan fingerprint density at radius 2 is 2.35 bits per heavy atom. The molecule has 1 amide bonds. The van der Waals surface area contributed by atoms with E-state index < -0.39 is 0 Å². The minimum absolute atomic E-state index is 0.0845. The maximum absolute atomic E-state index is 11.4. The Hall–Kier alpha value is -1.16. The quantitative estimate of drug-likeness (QED) is 0.867. The number of carbonyl (C=O) groups is 1. The molecule has 0 aromatic carbocycles. The van der Waals surface area contributed by atoms with Crippen LogP contribution in [0.3, 0.4) is 0 Å². The number of halogens is 1. The Balaban J connectivity index is 1.94. The van der Waals surface area contributed by atoms with Gasteiger partial charge in [0.25, 0.3) is 0 Å². The average Bonchev–Trinajstić information content (AvgIpc) is 3.12. The van der Waals surface area contributed by atoms with Crippen molar-refractivity contribution in [3.8, 4) is 0 Å². The first-order chi connectivity index (χ1) is 8.15. The van der Waals surface area contributed by atoms with Gasteiger partial charge in [-0.05, 0) is 43.4 Å². The van der Waals surface area contributed by atoms with Crippen LogP contribution in [0.15, 0.2) is 24.4 Å². The lowest BCUT2D eigenvalue weighted by Crippen LogP contribution is -2.20. The fourth-order valence-corrected chi connectivity index (χ4v) is 1.45. The molecule has 3 nitrogen and oxygen atoms in total. The van der Waals surface area contributed by atoms with Gasteiger partial charge in [-0.1, -0.05) is 28.1 Å². The van der Waals surface area contributed by atoms with Crippen molar-refractivity contribution in [1.82, 2.24) is 4.98 Å². The normalized spacial score (nSPS) is 17.1. The predicted octanol–water partition coefficient (Wildman–Crippen LogP) is 3.23. The molecular weight excluding hydrogens is 280 g/mol. The Morgan fingerprint density at radius 1 is 1.59 bits per heavy atom. The van der Waals surface area contributed by atoms with Crippen LogP contribution in [-0.4, -0.2) is 15.7 Å². The highest BCUT2D eigenvalue weighted by molar-refractivity contribution is 9.10. The molecule has 1 aromatic rings. The zero-order valence-electron chi connectivity index (χ0n) is 9.69. The van der Waals surface area contributed by atoms with Crippen LogP contribution in [-0.2, 0) is 4.79 Å². The van der Waals surface area contributed by atoms with Crippen LogP contribution in [0.5, 0.6) is 0 Å². The number of pyridine rings is 1. The Kier molecular flexibility index (Phi) is 3.94. The van der Waals surface area contributed by atoms with E-state index in [-0.39, 0.29) is 10.7 Å². The van der Waals surface area contributed by atoms with E-state index in [9.17, 15) is 4.79 Å². The fourth-order valence-electron chi connectivity index (χ4n) is 1.34. The van der Waals surface area contributed by atoms with Crippen molar-refractivity contribution < 1.29 is 4.79 Å². The van der Waals surface area contributed by atoms with Crippen LogP contribution < -0.4 is 5.32 Å². The number of nitrogens with one attached hydrogen (secondary N) is 1. The van der Waals surface area contributed by atoms with Crippen molar-refractivity contribution in [2.75, 3.05) is 5.32 Å². The van der Waals surface area contributed by atoms with E-state index in [1.54, 1.807) is 13.1 Å². The number of alkyl halides is 1. The average molecular weight is 295 g/mol. The second-order valence-electron chi connectivity index (χ2n) is 4.28. The molecule has 0 saturated heterocycles. The SMILES string of the molecule is CC(Br)C(=O)Nc1ccc(/C=C\C2CC2)cn1. The van der Waals surface area contributed by atoms with Gasteiger partial charge >= 0.3 is 0 Å². The summed E-state index contributed by atoms with van der Waals surface area (Å²) in [5, 5.41) is 2.72. The van der Waals surface area contributed by atoms with Crippen LogP contribution in [0, 0.1) is 5.92 Å². The lowest BCUT2D eigenvalue weighted by atomic mass is 10.2. The van der Waals surface area contributed by atoms with Crippen molar-refractivity contribution >= 4 is 33.7 Å². The van der Waals surface area contributed by atoms with Crippen LogP contribution in [0.25, 0.3) is 6.08 Å². The molecule has 1 N–H and O–H groups in total. The molecule has 90 valence electrons. The van der Waals surface area contributed by atoms with E-state index in [0.717, 1.165) is 11.5 Å². The molecule has 0 radical (unpaired) electrons. The van der Waals surface area contributed by atoms with Gasteiger partial charge in [0, 0.05) is 6.20 Å². The molecule has 2 rings (SSSR count). The van der Waals surface area contributed by atoms with Gasteiger partial charge in [-0.3, -0.25) is 4.79 Å². The van der Waals surface area contributed by atoms with E-state index in [2.05, 4.69) is 38.4 Å². The Bertz CT molecular complexity index is 422. The number of carbonyl (C=O) groups excluding carboxylic acids is 1. The number of hydrogen-bond acceptors (Lipinski definition) is 2. The zero-order valence-corrected chi connectivity index (χ0v) is 11.3. The Morgan fingerprint density at radius 3 is 2.88 bits per heavy atom. The molecule has 1 aromatic heterocycles. The van der Waals surface area contributed by atoms with E-state index >= 15 is 0 Å². The molecule has 4 heteroatoms. The summed E-state index contributed by atoms with van der Waals surface area (Å²) in [6.45, 7) is 1.78. The fraction of sp³-hybridized carbons (Fsp3) is 0.385. The summed E-state index contributed by atoms with van der Waals surface area (Å²) >= 11 is 3.21. The Labute approximate surface area is 109 Å². The lowest BCUT2D eigenvalue weighted by Gasteiger charge is -2.05. The zero-order chi connectivity index (χ0) is 12.3. The summed E-state index contributed by atoms with van der Waals surface area (Å²) in [6.07, 6.45) is 8.69. The maximum Gasteiger partial charge on any atom is 0.239 e. The highest BCUT2D eigenvalue weighted by Gasteiger charge is 2.16. The van der Waals surface area contributed by atoms with Crippen LogP contribution in [0.4, 0.5) is 5.82 Å². The van der Waals surface area contributed by atoms with Crippen molar-refractivity contribution in [3.05, 3.63) is 30.0 Å². The third-order valence-corrected chi connectivity index (χ3v) is 3.00. The number of nitrogens with zero attached hydrogens (tertiary/aromatic N) is 1. The molecule has 0 bridgehead atoms. The third-order valence-electron chi connectivity index (χ3n) is 2.58. The molecule has 1 atom stereocenters. The largest absolute Gasteiger partial charge is 0.310 e. The molecule has 1 aliphatic carbocycles. The van der Waals surface area contributed by atoms with Crippen LogP contribution in [0.2, 0.25) is 0 Å². The molecule has 1 fully saturated rings. The summed E-state index contributed by atoms with van der Waals surface area (Å²) in [5.74, 6) is 1.27. The van der Waals surface area contributed by atoms with Crippen LogP contribution >= 0.6 is 15.9 Å². The first kappa shape index (κ1) is 12.3. The van der Waals surface area contributed by atoms with Crippen molar-refractivity contribution in [3.63, 3.8) is 0 Å². The first-order valence-electron chi connectivity index (χ1n) is 5.74. The van der Waals surface area contributed by atoms with Gasteiger partial charge in [-0.25, -0.2) is 4.98 Å². The van der Waals surface area contributed by atoms with Gasteiger partial charge in [0.05, 0.1) is 4.83 Å². The topological polar surface area (TPSA) is 42.0 Å². The molecule has 1 saturated carbocycles. The predicted molar refractivity (Wildman–Crippen MR) is 73.0 cm³/mol. The van der Waals surface area contributed by atoms with E-state index in [1.165, 1.54) is 12.8 Å².